The second-order valence-corrected chi connectivity index (χ2v) is 8.84. The van der Waals surface area contributed by atoms with Crippen LogP contribution in [0.2, 0.25) is 0 Å². The average molecular weight is 490 g/mol. The number of benzene rings is 2. The number of nitrogens with one attached hydrogen (secondary N) is 1. The fraction of sp³-hybridized carbons (Fsp3) is 0.107. The number of hydrogen-bond acceptors (Lipinski definition) is 7. The molecule has 9 heteroatoms. The Bertz CT molecular complexity index is 1710. The van der Waals surface area contributed by atoms with Crippen molar-refractivity contribution in [1.82, 2.24) is 24.6 Å². The van der Waals surface area contributed by atoms with Gasteiger partial charge in [-0.15, -0.1) is 6.58 Å². The molecule has 1 saturated heterocycles. The lowest BCUT2D eigenvalue weighted by atomic mass is 10.1. The van der Waals surface area contributed by atoms with Crippen LogP contribution in [0, 0.1) is 12.8 Å². The molecule has 0 saturated carbocycles. The maximum atomic E-state index is 12.8. The van der Waals surface area contributed by atoms with Crippen molar-refractivity contribution in [2.24, 2.45) is 5.92 Å². The molecule has 0 aliphatic carbocycles. The molecule has 0 spiro atoms. The molecule has 1 aliphatic rings. The maximum absolute atomic E-state index is 12.8. The fourth-order valence-electron chi connectivity index (χ4n) is 4.44. The van der Waals surface area contributed by atoms with Crippen molar-refractivity contribution in [3.8, 4) is 11.5 Å². The standard InChI is InChI=1S/C28H23N7O2/c1-4-19-14-34(28(36)18(19)3)21-6-7-24-23(12-21)27(31-15-29-24)33-20-5-8-25(17(2)11-20)37-22-9-10-35-26(13-22)30-16-32-35/h4-13,15-16,19H,1,3,14H2,2H3,(H,29,31,33)/t19-/m1/s1. The van der Waals surface area contributed by atoms with Crippen molar-refractivity contribution in [1.29, 1.82) is 0 Å². The molecular weight excluding hydrogens is 466 g/mol. The van der Waals surface area contributed by atoms with E-state index in [1.165, 1.54) is 12.7 Å². The van der Waals surface area contributed by atoms with Crippen molar-refractivity contribution in [2.45, 2.75) is 6.92 Å². The highest BCUT2D eigenvalue weighted by atomic mass is 16.5. The Morgan fingerprint density at radius 1 is 1.08 bits per heavy atom. The van der Waals surface area contributed by atoms with Gasteiger partial charge in [-0.3, -0.25) is 4.79 Å². The number of ether oxygens (including phenoxy) is 1. The zero-order valence-electron chi connectivity index (χ0n) is 20.1. The monoisotopic (exact) mass is 489 g/mol. The molecule has 3 aromatic heterocycles. The van der Waals surface area contributed by atoms with Crippen LogP contribution in [0.25, 0.3) is 16.6 Å². The predicted molar refractivity (Wildman–Crippen MR) is 142 cm³/mol. The van der Waals surface area contributed by atoms with Crippen molar-refractivity contribution >= 4 is 39.6 Å². The molecule has 1 aliphatic heterocycles. The molecule has 0 radical (unpaired) electrons. The van der Waals surface area contributed by atoms with Gasteiger partial charge in [-0.05, 0) is 55.0 Å². The second-order valence-electron chi connectivity index (χ2n) is 8.84. The van der Waals surface area contributed by atoms with E-state index in [4.69, 9.17) is 4.74 Å². The molecule has 5 aromatic rings. The van der Waals surface area contributed by atoms with Gasteiger partial charge in [0.15, 0.2) is 5.65 Å². The normalized spacial score (nSPS) is 15.5. The third-order valence-corrected chi connectivity index (χ3v) is 6.48. The Morgan fingerprint density at radius 3 is 2.78 bits per heavy atom. The summed E-state index contributed by atoms with van der Waals surface area (Å²) in [6, 6.07) is 15.2. The number of amides is 1. The maximum Gasteiger partial charge on any atom is 0.254 e. The van der Waals surface area contributed by atoms with Gasteiger partial charge in [0, 0.05) is 47.1 Å². The number of carbonyl (C=O) groups is 1. The first kappa shape index (κ1) is 22.4. The number of anilines is 3. The molecule has 1 N–H and O–H groups in total. The smallest absolute Gasteiger partial charge is 0.254 e. The van der Waals surface area contributed by atoms with Crippen molar-refractivity contribution in [3.63, 3.8) is 0 Å². The summed E-state index contributed by atoms with van der Waals surface area (Å²) >= 11 is 0. The molecule has 37 heavy (non-hydrogen) atoms. The summed E-state index contributed by atoms with van der Waals surface area (Å²) in [6.07, 6.45) is 6.59. The van der Waals surface area contributed by atoms with E-state index in [9.17, 15) is 4.79 Å². The second kappa shape index (κ2) is 8.87. The molecule has 0 bridgehead atoms. The van der Waals surface area contributed by atoms with Crippen LogP contribution >= 0.6 is 0 Å². The molecule has 1 fully saturated rings. The summed E-state index contributed by atoms with van der Waals surface area (Å²) in [5.74, 6) is 1.90. The Kier molecular flexibility index (Phi) is 5.37. The van der Waals surface area contributed by atoms with Crippen LogP contribution in [-0.2, 0) is 4.79 Å². The Labute approximate surface area is 212 Å². The van der Waals surface area contributed by atoms with E-state index in [1.807, 2.05) is 55.5 Å². The molecule has 0 unspecified atom stereocenters. The van der Waals surface area contributed by atoms with Crippen LogP contribution in [0.1, 0.15) is 5.56 Å². The van der Waals surface area contributed by atoms with Gasteiger partial charge >= 0.3 is 0 Å². The predicted octanol–water partition coefficient (Wildman–Crippen LogP) is 5.22. The van der Waals surface area contributed by atoms with E-state index >= 15 is 0 Å². The lowest BCUT2D eigenvalue weighted by Crippen LogP contribution is -2.24. The average Bonchev–Trinajstić information content (AvgIpc) is 3.49. The van der Waals surface area contributed by atoms with Gasteiger partial charge in [-0.2, -0.15) is 5.10 Å². The summed E-state index contributed by atoms with van der Waals surface area (Å²) in [5.41, 5.74) is 4.60. The van der Waals surface area contributed by atoms with Crippen molar-refractivity contribution < 1.29 is 9.53 Å². The van der Waals surface area contributed by atoms with E-state index < -0.39 is 0 Å². The van der Waals surface area contributed by atoms with E-state index in [0.29, 0.717) is 29.3 Å². The molecule has 182 valence electrons. The third-order valence-electron chi connectivity index (χ3n) is 6.48. The van der Waals surface area contributed by atoms with E-state index in [-0.39, 0.29) is 11.8 Å². The molecule has 1 amide bonds. The number of hydrogen-bond donors (Lipinski definition) is 1. The Balaban J connectivity index is 1.27. The number of aryl methyl sites for hydroxylation is 1. The van der Waals surface area contributed by atoms with Crippen LogP contribution < -0.4 is 15.0 Å². The van der Waals surface area contributed by atoms with E-state index in [1.54, 1.807) is 21.7 Å². The molecule has 6 rings (SSSR count). The number of pyridine rings is 1. The van der Waals surface area contributed by atoms with Crippen LogP contribution in [0.3, 0.4) is 0 Å². The molecule has 2 aromatic carbocycles. The third kappa shape index (κ3) is 4.06. The molecule has 4 heterocycles. The molecule has 1 atom stereocenters. The SMILES string of the molecule is C=C[C@@H]1CN(c2ccc3ncnc(Nc4ccc(Oc5ccn6ncnc6c5)c(C)c4)c3c2)C(=O)C1=C. The van der Waals surface area contributed by atoms with Gasteiger partial charge in [0.05, 0.1) is 5.52 Å². The van der Waals surface area contributed by atoms with Crippen LogP contribution in [0.4, 0.5) is 17.2 Å². The lowest BCUT2D eigenvalue weighted by molar-refractivity contribution is -0.114. The first-order valence-electron chi connectivity index (χ1n) is 11.7. The Hall–Kier alpha value is -5.05. The van der Waals surface area contributed by atoms with Gasteiger partial charge in [0.2, 0.25) is 0 Å². The fourth-order valence-corrected chi connectivity index (χ4v) is 4.44. The van der Waals surface area contributed by atoms with Crippen LogP contribution in [0.5, 0.6) is 11.5 Å². The Morgan fingerprint density at radius 2 is 1.97 bits per heavy atom. The van der Waals surface area contributed by atoms with Crippen LogP contribution in [-0.4, -0.2) is 37.0 Å². The van der Waals surface area contributed by atoms with Gasteiger partial charge < -0.3 is 15.0 Å². The highest BCUT2D eigenvalue weighted by Crippen LogP contribution is 2.34. The number of rotatable bonds is 6. The van der Waals surface area contributed by atoms with Gasteiger partial charge in [0.1, 0.15) is 30.0 Å². The summed E-state index contributed by atoms with van der Waals surface area (Å²) in [4.78, 5) is 27.5. The highest BCUT2D eigenvalue weighted by molar-refractivity contribution is 6.09. The van der Waals surface area contributed by atoms with Gasteiger partial charge in [-0.25, -0.2) is 19.5 Å². The zero-order valence-corrected chi connectivity index (χ0v) is 20.1. The van der Waals surface area contributed by atoms with Crippen LogP contribution in [0.15, 0.2) is 92.2 Å². The van der Waals surface area contributed by atoms with Gasteiger partial charge in [-0.1, -0.05) is 12.7 Å². The first-order valence-corrected chi connectivity index (χ1v) is 11.7. The van der Waals surface area contributed by atoms with E-state index in [0.717, 1.165) is 33.6 Å². The van der Waals surface area contributed by atoms with Gasteiger partial charge in [0.25, 0.3) is 5.91 Å². The minimum atomic E-state index is -0.0926. The summed E-state index contributed by atoms with van der Waals surface area (Å²) in [5, 5.41) is 8.30. The van der Waals surface area contributed by atoms with Crippen molar-refractivity contribution in [3.05, 3.63) is 97.8 Å². The first-order chi connectivity index (χ1) is 18.0. The van der Waals surface area contributed by atoms with Crippen molar-refractivity contribution in [2.75, 3.05) is 16.8 Å². The minimum absolute atomic E-state index is 0.0604. The summed E-state index contributed by atoms with van der Waals surface area (Å²) < 4.78 is 7.76. The number of nitrogens with zero attached hydrogens (tertiary/aromatic N) is 6. The summed E-state index contributed by atoms with van der Waals surface area (Å²) in [7, 11) is 0. The largest absolute Gasteiger partial charge is 0.457 e. The number of aromatic nitrogens is 5. The van der Waals surface area contributed by atoms with E-state index in [2.05, 4.69) is 38.5 Å². The number of carbonyl (C=O) groups excluding carboxylic acids is 1. The quantitative estimate of drug-likeness (QED) is 0.258. The highest BCUT2D eigenvalue weighted by Gasteiger charge is 2.32. The molecule has 9 nitrogen and oxygen atoms in total. The molecular formula is C28H23N7O2. The topological polar surface area (TPSA) is 97.5 Å². The lowest BCUT2D eigenvalue weighted by Gasteiger charge is -2.17. The zero-order chi connectivity index (χ0) is 25.5. The summed E-state index contributed by atoms with van der Waals surface area (Å²) in [6.45, 7) is 10.3. The minimum Gasteiger partial charge on any atom is -0.457 e. The number of fused-ring (bicyclic) bond motifs is 2.